The number of ether oxygens (including phenoxy) is 2. The van der Waals surface area contributed by atoms with E-state index >= 15 is 0 Å². The summed E-state index contributed by atoms with van der Waals surface area (Å²) in [7, 11) is 0. The van der Waals surface area contributed by atoms with E-state index in [0.29, 0.717) is 13.0 Å². The van der Waals surface area contributed by atoms with Crippen LogP contribution in [-0.4, -0.2) is 37.4 Å². The Labute approximate surface area is 69.4 Å². The molecule has 0 aliphatic carbocycles. The smallest absolute Gasteiger partial charge is 0.303 e. The molecule has 0 saturated heterocycles. The molecule has 0 aromatic heterocycles. The summed E-state index contributed by atoms with van der Waals surface area (Å²) < 4.78 is 9.28. The minimum atomic E-state index is -0.479. The molecule has 66 valence electrons. The van der Waals surface area contributed by atoms with E-state index in [1.54, 1.807) is 0 Å². The lowest BCUT2D eigenvalue weighted by atomic mass is 10.3. The van der Waals surface area contributed by atoms with Gasteiger partial charge in [-0.05, 0) is 0 Å². The molecule has 0 spiro atoms. The molecule has 1 aliphatic rings. The zero-order valence-electron chi connectivity index (χ0n) is 6.65. The third-order valence-electron chi connectivity index (χ3n) is 1.34. The van der Waals surface area contributed by atoms with E-state index in [9.17, 15) is 9.59 Å². The van der Waals surface area contributed by atoms with Crippen molar-refractivity contribution in [2.75, 3.05) is 13.2 Å². The lowest BCUT2D eigenvalue weighted by Crippen LogP contribution is -2.26. The van der Waals surface area contributed by atoms with Crippen LogP contribution in [0, 0.1) is 0 Å². The number of nitrogens with zero attached hydrogens (tertiary/aromatic N) is 1. The first-order valence-electron chi connectivity index (χ1n) is 3.49. The zero-order chi connectivity index (χ0) is 8.97. The number of hydrogen-bond acceptors (Lipinski definition) is 5. The highest BCUT2D eigenvalue weighted by Gasteiger charge is 2.25. The average molecular weight is 171 g/mol. The summed E-state index contributed by atoms with van der Waals surface area (Å²) in [4.78, 5) is 24.2. The van der Waals surface area contributed by atoms with E-state index in [1.165, 1.54) is 6.92 Å². The van der Waals surface area contributed by atoms with Crippen LogP contribution in [0.2, 0.25) is 0 Å². The van der Waals surface area contributed by atoms with Crippen molar-refractivity contribution >= 4 is 18.2 Å². The quantitative estimate of drug-likeness (QED) is 0.415. The monoisotopic (exact) mass is 171 g/mol. The first-order valence-corrected chi connectivity index (χ1v) is 3.49. The van der Waals surface area contributed by atoms with Crippen LogP contribution in [0.5, 0.6) is 0 Å². The zero-order valence-corrected chi connectivity index (χ0v) is 6.65. The Morgan fingerprint density at radius 2 is 2.50 bits per heavy atom. The van der Waals surface area contributed by atoms with Crippen LogP contribution in [-0.2, 0) is 19.1 Å². The summed E-state index contributed by atoms with van der Waals surface area (Å²) in [5.74, 6) is -0.399. The van der Waals surface area contributed by atoms with Crippen LogP contribution in [0.4, 0.5) is 0 Å². The Morgan fingerprint density at radius 3 is 2.92 bits per heavy atom. The number of carbonyl (C=O) groups is 2. The average Bonchev–Trinajstić information content (AvgIpc) is 2.79. The highest BCUT2D eigenvalue weighted by Crippen LogP contribution is 2.07. The number of hydrogen-bond donors (Lipinski definition) is 0. The molecule has 0 fully saturated rings. The van der Waals surface area contributed by atoms with Crippen molar-refractivity contribution in [1.29, 1.82) is 0 Å². The van der Waals surface area contributed by atoms with Gasteiger partial charge < -0.3 is 9.47 Å². The van der Waals surface area contributed by atoms with Gasteiger partial charge in [-0.3, -0.25) is 14.6 Å². The highest BCUT2D eigenvalue weighted by molar-refractivity contribution is 6.01. The number of carbonyl (C=O) groups excluding carboxylic acids is 2. The predicted molar refractivity (Wildman–Crippen MR) is 39.9 cm³/mol. The topological polar surface area (TPSA) is 65.0 Å². The van der Waals surface area contributed by atoms with Crippen molar-refractivity contribution in [2.45, 2.75) is 13.0 Å². The van der Waals surface area contributed by atoms with E-state index < -0.39 is 12.1 Å². The van der Waals surface area contributed by atoms with E-state index in [0.717, 1.165) is 5.71 Å². The SMILES string of the molecule is CC(=O)O[C@@H](COC=O)C1=NC1. The molecule has 12 heavy (non-hydrogen) atoms. The van der Waals surface area contributed by atoms with Gasteiger partial charge in [0.1, 0.15) is 6.61 Å². The van der Waals surface area contributed by atoms with Gasteiger partial charge in [-0.1, -0.05) is 0 Å². The lowest BCUT2D eigenvalue weighted by molar-refractivity contribution is -0.148. The summed E-state index contributed by atoms with van der Waals surface area (Å²) in [6.45, 7) is 2.28. The molecule has 0 aromatic rings. The van der Waals surface area contributed by atoms with Gasteiger partial charge in [0.25, 0.3) is 6.47 Å². The molecule has 0 amide bonds. The van der Waals surface area contributed by atoms with Gasteiger partial charge in [0.05, 0.1) is 12.3 Å². The summed E-state index contributed by atoms with van der Waals surface area (Å²) >= 11 is 0. The van der Waals surface area contributed by atoms with Crippen LogP contribution < -0.4 is 0 Å². The Bertz CT molecular complexity index is 223. The Balaban J connectivity index is 2.32. The molecule has 0 radical (unpaired) electrons. The van der Waals surface area contributed by atoms with Crippen LogP contribution in [0.1, 0.15) is 6.92 Å². The van der Waals surface area contributed by atoms with Gasteiger partial charge in [-0.25, -0.2) is 0 Å². The molecule has 1 rings (SSSR count). The van der Waals surface area contributed by atoms with Crippen LogP contribution in [0.15, 0.2) is 4.99 Å². The summed E-state index contributed by atoms with van der Waals surface area (Å²) in [5, 5.41) is 0. The molecule has 0 bridgehead atoms. The Kier molecular flexibility index (Phi) is 2.79. The van der Waals surface area contributed by atoms with Crippen molar-refractivity contribution in [3.05, 3.63) is 0 Å². The molecule has 0 N–H and O–H groups in total. The van der Waals surface area contributed by atoms with Crippen LogP contribution in [0.25, 0.3) is 0 Å². The van der Waals surface area contributed by atoms with Gasteiger partial charge in [0.2, 0.25) is 0 Å². The lowest BCUT2D eigenvalue weighted by Gasteiger charge is -2.10. The molecule has 0 saturated carbocycles. The van der Waals surface area contributed by atoms with Crippen molar-refractivity contribution in [2.24, 2.45) is 4.99 Å². The summed E-state index contributed by atoms with van der Waals surface area (Å²) in [5.41, 5.74) is 0.770. The molecule has 1 heterocycles. The fourth-order valence-corrected chi connectivity index (χ4v) is 0.775. The van der Waals surface area contributed by atoms with Gasteiger partial charge in [0.15, 0.2) is 6.10 Å². The molecule has 5 heteroatoms. The Morgan fingerprint density at radius 1 is 1.83 bits per heavy atom. The maximum Gasteiger partial charge on any atom is 0.303 e. The molecular weight excluding hydrogens is 162 g/mol. The normalized spacial score (nSPS) is 15.9. The summed E-state index contributed by atoms with van der Waals surface area (Å²) in [6.07, 6.45) is -0.479. The molecule has 0 aromatic carbocycles. The first kappa shape index (κ1) is 8.70. The molecule has 1 aliphatic heterocycles. The second-order valence-electron chi connectivity index (χ2n) is 2.34. The maximum atomic E-state index is 10.5. The Hall–Kier alpha value is -1.39. The fourth-order valence-electron chi connectivity index (χ4n) is 0.775. The van der Waals surface area contributed by atoms with E-state index in [2.05, 4.69) is 9.73 Å². The van der Waals surface area contributed by atoms with Gasteiger partial charge in [0, 0.05) is 6.92 Å². The molecule has 5 nitrogen and oxygen atoms in total. The molecule has 1 atom stereocenters. The third kappa shape index (κ3) is 2.69. The van der Waals surface area contributed by atoms with Crippen molar-refractivity contribution in [3.8, 4) is 0 Å². The van der Waals surface area contributed by atoms with Crippen LogP contribution >= 0.6 is 0 Å². The highest BCUT2D eigenvalue weighted by atomic mass is 16.6. The van der Waals surface area contributed by atoms with Crippen molar-refractivity contribution in [3.63, 3.8) is 0 Å². The largest absolute Gasteiger partial charge is 0.464 e. The van der Waals surface area contributed by atoms with Crippen LogP contribution in [0.3, 0.4) is 0 Å². The summed E-state index contributed by atoms with van der Waals surface area (Å²) in [6, 6.07) is 0. The second-order valence-corrected chi connectivity index (χ2v) is 2.34. The minimum Gasteiger partial charge on any atom is -0.464 e. The number of rotatable bonds is 5. The van der Waals surface area contributed by atoms with E-state index in [-0.39, 0.29) is 6.61 Å². The van der Waals surface area contributed by atoms with Gasteiger partial charge in [-0.15, -0.1) is 0 Å². The third-order valence-corrected chi connectivity index (χ3v) is 1.34. The van der Waals surface area contributed by atoms with E-state index in [1.807, 2.05) is 0 Å². The standard InChI is InChI=1S/C7H9NO4/c1-5(10)12-7(3-11-4-9)6-2-8-6/h4,7H,2-3H2,1H3/t7-/m0/s1. The molecular formula is C7H9NO4. The predicted octanol–water partition coefficient (Wildman–Crippen LogP) is -0.454. The fraction of sp³-hybridized carbons (Fsp3) is 0.571. The van der Waals surface area contributed by atoms with Crippen molar-refractivity contribution < 1.29 is 19.1 Å². The second kappa shape index (κ2) is 3.85. The first-order chi connectivity index (χ1) is 5.74. The number of aliphatic imine (C=N–C) groups is 1. The minimum absolute atomic E-state index is 0.0575. The van der Waals surface area contributed by atoms with Crippen molar-refractivity contribution in [1.82, 2.24) is 0 Å². The number of esters is 1. The van der Waals surface area contributed by atoms with Gasteiger partial charge >= 0.3 is 5.97 Å². The van der Waals surface area contributed by atoms with Gasteiger partial charge in [-0.2, -0.15) is 0 Å². The molecule has 0 unspecified atom stereocenters. The maximum absolute atomic E-state index is 10.5. The van der Waals surface area contributed by atoms with E-state index in [4.69, 9.17) is 4.74 Å².